The molecule has 0 aromatic heterocycles. The molecule has 0 atom stereocenters. The quantitative estimate of drug-likeness (QED) is 0.558. The molecule has 0 fully saturated rings. The van der Waals surface area contributed by atoms with Crippen molar-refractivity contribution in [3.63, 3.8) is 0 Å². The zero-order valence-corrected chi connectivity index (χ0v) is 9.75. The van der Waals surface area contributed by atoms with E-state index in [1.54, 1.807) is 6.08 Å². The lowest BCUT2D eigenvalue weighted by atomic mass is 10.2. The summed E-state index contributed by atoms with van der Waals surface area (Å²) in [5, 5.41) is 0. The molecule has 0 aliphatic heterocycles. The van der Waals surface area contributed by atoms with E-state index in [1.807, 2.05) is 6.08 Å². The number of carbonyl (C=O) groups excluding carboxylic acids is 1. The molecule has 0 aliphatic rings. The van der Waals surface area contributed by atoms with Crippen LogP contribution in [0, 0.1) is 0 Å². The van der Waals surface area contributed by atoms with E-state index in [0.717, 1.165) is 32.5 Å². The van der Waals surface area contributed by atoms with Gasteiger partial charge in [-0.05, 0) is 25.6 Å². The van der Waals surface area contributed by atoms with Crippen molar-refractivity contribution in [3.8, 4) is 0 Å². The van der Waals surface area contributed by atoms with Gasteiger partial charge in [-0.3, -0.25) is 4.79 Å². The van der Waals surface area contributed by atoms with Gasteiger partial charge >= 0.3 is 0 Å². The van der Waals surface area contributed by atoms with Crippen LogP contribution in [0.15, 0.2) is 12.2 Å². The van der Waals surface area contributed by atoms with E-state index < -0.39 is 0 Å². The zero-order chi connectivity index (χ0) is 10.8. The number of hydrogen-bond donors (Lipinski definition) is 0. The van der Waals surface area contributed by atoms with E-state index in [1.165, 1.54) is 0 Å². The maximum absolute atomic E-state index is 11.3. The lowest BCUT2D eigenvalue weighted by Crippen LogP contribution is -2.22. The topological polar surface area (TPSA) is 20.3 Å². The molecule has 2 heteroatoms. The van der Waals surface area contributed by atoms with Crippen LogP contribution in [-0.2, 0) is 4.79 Å². The Bertz CT molecular complexity index is 171. The maximum atomic E-state index is 11.3. The van der Waals surface area contributed by atoms with Crippen LogP contribution in [-0.4, -0.2) is 30.3 Å². The first-order valence-electron chi connectivity index (χ1n) is 5.66. The number of nitrogens with zero attached hydrogens (tertiary/aromatic N) is 1. The number of allylic oxidation sites excluding steroid dienone is 1. The Hall–Kier alpha value is -0.630. The summed E-state index contributed by atoms with van der Waals surface area (Å²) in [6, 6.07) is 0. The lowest BCUT2D eigenvalue weighted by Gasteiger charge is -2.14. The van der Waals surface area contributed by atoms with E-state index in [9.17, 15) is 4.79 Å². The smallest absolute Gasteiger partial charge is 0.155 e. The van der Waals surface area contributed by atoms with Crippen LogP contribution in [0.3, 0.4) is 0 Å². The fourth-order valence-electron chi connectivity index (χ4n) is 1.25. The largest absolute Gasteiger partial charge is 0.300 e. The van der Waals surface area contributed by atoms with Crippen LogP contribution >= 0.6 is 0 Å². The lowest BCUT2D eigenvalue weighted by molar-refractivity contribution is -0.114. The van der Waals surface area contributed by atoms with Crippen LogP contribution in [0.25, 0.3) is 0 Å². The number of rotatable bonds is 8. The average molecular weight is 197 g/mol. The normalized spacial score (nSPS) is 11.4. The number of hydrogen-bond acceptors (Lipinski definition) is 2. The third-order valence-electron chi connectivity index (χ3n) is 2.34. The van der Waals surface area contributed by atoms with E-state index in [0.29, 0.717) is 6.42 Å². The van der Waals surface area contributed by atoms with Crippen molar-refractivity contribution in [3.05, 3.63) is 12.2 Å². The van der Waals surface area contributed by atoms with Crippen LogP contribution < -0.4 is 0 Å². The van der Waals surface area contributed by atoms with Crippen molar-refractivity contribution in [2.45, 2.75) is 40.0 Å². The third-order valence-corrected chi connectivity index (χ3v) is 2.34. The molecule has 0 aliphatic carbocycles. The molecule has 2 nitrogen and oxygen atoms in total. The standard InChI is InChI=1S/C12H23NO/c1-4-7-9-12(14)10-8-11-13(5-2)6-3/h8,10H,4-7,9,11H2,1-3H3/b10-8+. The number of likely N-dealkylation sites (N-methyl/N-ethyl adjacent to an activating group) is 1. The number of ketones is 1. The summed E-state index contributed by atoms with van der Waals surface area (Å²) >= 11 is 0. The van der Waals surface area contributed by atoms with Crippen LogP contribution in [0.5, 0.6) is 0 Å². The molecular weight excluding hydrogens is 174 g/mol. The Balaban J connectivity index is 3.64. The molecule has 0 N–H and O–H groups in total. The molecule has 0 aromatic carbocycles. The summed E-state index contributed by atoms with van der Waals surface area (Å²) in [6.45, 7) is 9.36. The van der Waals surface area contributed by atoms with Gasteiger partial charge in [0, 0.05) is 13.0 Å². The SMILES string of the molecule is CCCCC(=O)/C=C/CN(CC)CC. The first-order valence-corrected chi connectivity index (χ1v) is 5.66. The molecule has 0 amide bonds. The number of carbonyl (C=O) groups is 1. The summed E-state index contributed by atoms with van der Waals surface area (Å²) < 4.78 is 0. The molecule has 0 unspecified atom stereocenters. The second kappa shape index (κ2) is 8.95. The Morgan fingerprint density at radius 1 is 1.21 bits per heavy atom. The minimum absolute atomic E-state index is 0.263. The van der Waals surface area contributed by atoms with Gasteiger partial charge in [0.05, 0.1) is 0 Å². The van der Waals surface area contributed by atoms with Crippen molar-refractivity contribution in [1.82, 2.24) is 4.90 Å². The molecule has 0 spiro atoms. The summed E-state index contributed by atoms with van der Waals surface area (Å²) in [5.41, 5.74) is 0. The predicted molar refractivity (Wildman–Crippen MR) is 61.5 cm³/mol. The Morgan fingerprint density at radius 3 is 2.36 bits per heavy atom. The van der Waals surface area contributed by atoms with Crippen molar-refractivity contribution >= 4 is 5.78 Å². The van der Waals surface area contributed by atoms with Crippen LogP contribution in [0.2, 0.25) is 0 Å². The summed E-state index contributed by atoms with van der Waals surface area (Å²) in [5.74, 6) is 0.263. The van der Waals surface area contributed by atoms with Gasteiger partial charge in [0.25, 0.3) is 0 Å². The van der Waals surface area contributed by atoms with Gasteiger partial charge in [0.15, 0.2) is 5.78 Å². The highest BCUT2D eigenvalue weighted by atomic mass is 16.1. The molecule has 0 aromatic rings. The van der Waals surface area contributed by atoms with Gasteiger partial charge < -0.3 is 4.90 Å². The minimum atomic E-state index is 0.263. The zero-order valence-electron chi connectivity index (χ0n) is 9.75. The van der Waals surface area contributed by atoms with E-state index >= 15 is 0 Å². The van der Waals surface area contributed by atoms with Gasteiger partial charge in [-0.25, -0.2) is 0 Å². The van der Waals surface area contributed by atoms with Gasteiger partial charge in [0.2, 0.25) is 0 Å². The summed E-state index contributed by atoms with van der Waals surface area (Å²) in [6.07, 6.45) is 6.51. The predicted octanol–water partition coefficient (Wildman–Crippen LogP) is 2.64. The van der Waals surface area contributed by atoms with Crippen molar-refractivity contribution < 1.29 is 4.79 Å². The van der Waals surface area contributed by atoms with E-state index in [4.69, 9.17) is 0 Å². The van der Waals surface area contributed by atoms with Crippen LogP contribution in [0.1, 0.15) is 40.0 Å². The van der Waals surface area contributed by atoms with Gasteiger partial charge in [-0.2, -0.15) is 0 Å². The Morgan fingerprint density at radius 2 is 1.86 bits per heavy atom. The van der Waals surface area contributed by atoms with Crippen molar-refractivity contribution in [1.29, 1.82) is 0 Å². The van der Waals surface area contributed by atoms with Gasteiger partial charge in [0.1, 0.15) is 0 Å². The molecular formula is C12H23NO. The minimum Gasteiger partial charge on any atom is -0.300 e. The van der Waals surface area contributed by atoms with Gasteiger partial charge in [-0.15, -0.1) is 0 Å². The highest BCUT2D eigenvalue weighted by Gasteiger charge is 1.96. The van der Waals surface area contributed by atoms with Crippen molar-refractivity contribution in [2.24, 2.45) is 0 Å². The molecule has 0 bridgehead atoms. The molecule has 0 saturated carbocycles. The average Bonchev–Trinajstić information content (AvgIpc) is 2.21. The fourth-order valence-corrected chi connectivity index (χ4v) is 1.25. The third kappa shape index (κ3) is 6.84. The molecule has 0 rings (SSSR count). The summed E-state index contributed by atoms with van der Waals surface area (Å²) in [4.78, 5) is 13.5. The summed E-state index contributed by atoms with van der Waals surface area (Å²) in [7, 11) is 0. The van der Waals surface area contributed by atoms with Gasteiger partial charge in [-0.1, -0.05) is 33.3 Å². The maximum Gasteiger partial charge on any atom is 0.155 e. The molecule has 0 saturated heterocycles. The molecule has 0 heterocycles. The van der Waals surface area contributed by atoms with Crippen LogP contribution in [0.4, 0.5) is 0 Å². The van der Waals surface area contributed by atoms with E-state index in [2.05, 4.69) is 25.7 Å². The second-order valence-corrected chi connectivity index (χ2v) is 3.46. The van der Waals surface area contributed by atoms with Crippen molar-refractivity contribution in [2.75, 3.05) is 19.6 Å². The highest BCUT2D eigenvalue weighted by molar-refractivity contribution is 5.89. The first-order chi connectivity index (χ1) is 6.74. The second-order valence-electron chi connectivity index (χ2n) is 3.46. The molecule has 82 valence electrons. The Kier molecular flexibility index (Phi) is 8.54. The molecule has 0 radical (unpaired) electrons. The molecule has 14 heavy (non-hydrogen) atoms. The first kappa shape index (κ1) is 13.4. The highest BCUT2D eigenvalue weighted by Crippen LogP contribution is 1.96. The van der Waals surface area contributed by atoms with E-state index in [-0.39, 0.29) is 5.78 Å². The number of unbranched alkanes of at least 4 members (excludes halogenated alkanes) is 1. The monoisotopic (exact) mass is 197 g/mol. The Labute approximate surface area is 88.0 Å². The fraction of sp³-hybridized carbons (Fsp3) is 0.750.